The van der Waals surface area contributed by atoms with Gasteiger partial charge in [0.1, 0.15) is 5.82 Å². The van der Waals surface area contributed by atoms with Crippen molar-refractivity contribution in [3.8, 4) is 0 Å². The van der Waals surface area contributed by atoms with E-state index in [1.54, 1.807) is 41.4 Å². The van der Waals surface area contributed by atoms with Crippen molar-refractivity contribution in [3.63, 3.8) is 0 Å². The van der Waals surface area contributed by atoms with Gasteiger partial charge in [-0.1, -0.05) is 29.3 Å². The molecule has 0 bridgehead atoms. The van der Waals surface area contributed by atoms with E-state index in [9.17, 15) is 9.18 Å². The van der Waals surface area contributed by atoms with E-state index in [0.717, 1.165) is 16.5 Å². The standard InChI is InChI=1S/C21H18Cl2FN3O/c22-16-3-4-18(19(23)12-16)21(28)27-8-6-26(7-9-27)13-15-11-17(24)10-14-2-1-5-25-20(14)15/h1-5,10-12H,6-9,13H2. The first-order valence-corrected chi connectivity index (χ1v) is 9.77. The number of carbonyl (C=O) groups excluding carboxylic acids is 1. The lowest BCUT2D eigenvalue weighted by Crippen LogP contribution is -2.48. The summed E-state index contributed by atoms with van der Waals surface area (Å²) in [6.45, 7) is 3.15. The molecule has 0 radical (unpaired) electrons. The summed E-state index contributed by atoms with van der Waals surface area (Å²) in [7, 11) is 0. The second-order valence-electron chi connectivity index (χ2n) is 6.83. The predicted molar refractivity (Wildman–Crippen MR) is 109 cm³/mol. The van der Waals surface area contributed by atoms with Crippen LogP contribution < -0.4 is 0 Å². The summed E-state index contributed by atoms with van der Waals surface area (Å²) >= 11 is 12.1. The van der Waals surface area contributed by atoms with Crippen LogP contribution in [0.15, 0.2) is 48.7 Å². The number of amides is 1. The van der Waals surface area contributed by atoms with Gasteiger partial charge in [0, 0.05) is 49.3 Å². The van der Waals surface area contributed by atoms with Crippen LogP contribution in [0.3, 0.4) is 0 Å². The fraction of sp³-hybridized carbons (Fsp3) is 0.238. The first-order valence-electron chi connectivity index (χ1n) is 9.01. The van der Waals surface area contributed by atoms with Crippen LogP contribution in [0.25, 0.3) is 10.9 Å². The number of hydrogen-bond donors (Lipinski definition) is 0. The highest BCUT2D eigenvalue weighted by Crippen LogP contribution is 2.24. The summed E-state index contributed by atoms with van der Waals surface area (Å²) in [6, 6.07) is 11.6. The third-order valence-electron chi connectivity index (χ3n) is 4.96. The Labute approximate surface area is 172 Å². The van der Waals surface area contributed by atoms with Crippen molar-refractivity contribution in [1.29, 1.82) is 0 Å². The molecule has 1 aliphatic heterocycles. The van der Waals surface area contributed by atoms with Crippen molar-refractivity contribution in [2.24, 2.45) is 0 Å². The fourth-order valence-corrected chi connectivity index (χ4v) is 4.02. The van der Waals surface area contributed by atoms with E-state index in [1.807, 2.05) is 6.07 Å². The van der Waals surface area contributed by atoms with E-state index < -0.39 is 0 Å². The maximum atomic E-state index is 14.0. The Hall–Kier alpha value is -2.21. The van der Waals surface area contributed by atoms with Gasteiger partial charge in [-0.3, -0.25) is 14.7 Å². The average molecular weight is 418 g/mol. The molecule has 0 saturated carbocycles. The zero-order valence-corrected chi connectivity index (χ0v) is 16.5. The molecule has 1 aliphatic rings. The van der Waals surface area contributed by atoms with E-state index in [1.165, 1.54) is 6.07 Å². The number of carbonyl (C=O) groups is 1. The molecule has 1 fully saturated rings. The Kier molecular flexibility index (Phi) is 5.49. The Balaban J connectivity index is 1.44. The van der Waals surface area contributed by atoms with Gasteiger partial charge in [0.2, 0.25) is 0 Å². The van der Waals surface area contributed by atoms with Crippen LogP contribution in [0.2, 0.25) is 10.0 Å². The van der Waals surface area contributed by atoms with Crippen LogP contribution in [0.1, 0.15) is 15.9 Å². The van der Waals surface area contributed by atoms with Crippen LogP contribution in [-0.2, 0) is 6.54 Å². The molecule has 2 aromatic carbocycles. The lowest BCUT2D eigenvalue weighted by atomic mass is 10.1. The smallest absolute Gasteiger partial charge is 0.255 e. The largest absolute Gasteiger partial charge is 0.336 e. The van der Waals surface area contributed by atoms with Crippen molar-refractivity contribution in [2.75, 3.05) is 26.2 Å². The van der Waals surface area contributed by atoms with Gasteiger partial charge in [-0.05, 0) is 42.0 Å². The Morgan fingerprint density at radius 1 is 1.07 bits per heavy atom. The lowest BCUT2D eigenvalue weighted by Gasteiger charge is -2.35. The molecule has 0 aliphatic carbocycles. The first-order chi connectivity index (χ1) is 13.5. The van der Waals surface area contributed by atoms with Crippen molar-refractivity contribution < 1.29 is 9.18 Å². The number of halogens is 3. The van der Waals surface area contributed by atoms with Crippen LogP contribution in [-0.4, -0.2) is 46.9 Å². The van der Waals surface area contributed by atoms with Gasteiger partial charge in [-0.2, -0.15) is 0 Å². The summed E-state index contributed by atoms with van der Waals surface area (Å²) < 4.78 is 14.0. The normalized spacial score (nSPS) is 15.2. The Morgan fingerprint density at radius 2 is 1.86 bits per heavy atom. The Morgan fingerprint density at radius 3 is 2.61 bits per heavy atom. The molecular formula is C21H18Cl2FN3O. The predicted octanol–water partition coefficient (Wildman–Crippen LogP) is 4.64. The first kappa shape index (κ1) is 19.1. The maximum Gasteiger partial charge on any atom is 0.255 e. The maximum absolute atomic E-state index is 14.0. The van der Waals surface area contributed by atoms with Crippen LogP contribution in [0.4, 0.5) is 4.39 Å². The number of fused-ring (bicyclic) bond motifs is 1. The van der Waals surface area contributed by atoms with Gasteiger partial charge in [0.15, 0.2) is 0 Å². The van der Waals surface area contributed by atoms with E-state index in [4.69, 9.17) is 23.2 Å². The van der Waals surface area contributed by atoms with Crippen LogP contribution >= 0.6 is 23.2 Å². The minimum Gasteiger partial charge on any atom is -0.336 e. The van der Waals surface area contributed by atoms with Gasteiger partial charge in [0.25, 0.3) is 5.91 Å². The molecule has 1 saturated heterocycles. The number of rotatable bonds is 3. The van der Waals surface area contributed by atoms with Crippen molar-refractivity contribution in [1.82, 2.24) is 14.8 Å². The molecule has 3 aromatic rings. The van der Waals surface area contributed by atoms with Gasteiger partial charge in [-0.15, -0.1) is 0 Å². The number of hydrogen-bond acceptors (Lipinski definition) is 3. The monoisotopic (exact) mass is 417 g/mol. The van der Waals surface area contributed by atoms with Crippen molar-refractivity contribution >= 4 is 40.0 Å². The molecular weight excluding hydrogens is 400 g/mol. The molecule has 28 heavy (non-hydrogen) atoms. The fourth-order valence-electron chi connectivity index (χ4n) is 3.53. The number of aromatic nitrogens is 1. The van der Waals surface area contributed by atoms with E-state index in [-0.39, 0.29) is 11.7 Å². The van der Waals surface area contributed by atoms with Gasteiger partial charge in [-0.25, -0.2) is 4.39 Å². The zero-order chi connectivity index (χ0) is 19.7. The third kappa shape index (κ3) is 3.97. The second kappa shape index (κ2) is 8.03. The summed E-state index contributed by atoms with van der Waals surface area (Å²) in [5, 5.41) is 1.66. The summed E-state index contributed by atoms with van der Waals surface area (Å²) in [4.78, 5) is 21.1. The van der Waals surface area contributed by atoms with Crippen LogP contribution in [0.5, 0.6) is 0 Å². The highest BCUT2D eigenvalue weighted by Gasteiger charge is 2.24. The van der Waals surface area contributed by atoms with Crippen molar-refractivity contribution in [2.45, 2.75) is 6.54 Å². The van der Waals surface area contributed by atoms with E-state index >= 15 is 0 Å². The van der Waals surface area contributed by atoms with Crippen molar-refractivity contribution in [3.05, 3.63) is 75.7 Å². The Bertz CT molecular complexity index is 1040. The highest BCUT2D eigenvalue weighted by molar-refractivity contribution is 6.36. The second-order valence-corrected chi connectivity index (χ2v) is 7.68. The molecule has 0 N–H and O–H groups in total. The van der Waals surface area contributed by atoms with E-state index in [0.29, 0.717) is 48.3 Å². The average Bonchev–Trinajstić information content (AvgIpc) is 2.68. The summed E-state index contributed by atoms with van der Waals surface area (Å²) in [5.74, 6) is -0.360. The molecule has 1 aromatic heterocycles. The molecule has 2 heterocycles. The molecule has 7 heteroatoms. The number of pyridine rings is 1. The quantitative estimate of drug-likeness (QED) is 0.622. The van der Waals surface area contributed by atoms with Gasteiger partial charge < -0.3 is 4.90 Å². The minimum atomic E-state index is -0.262. The zero-order valence-electron chi connectivity index (χ0n) is 15.0. The van der Waals surface area contributed by atoms with Gasteiger partial charge >= 0.3 is 0 Å². The highest BCUT2D eigenvalue weighted by atomic mass is 35.5. The summed E-state index contributed by atoms with van der Waals surface area (Å²) in [6.07, 6.45) is 1.72. The third-order valence-corrected chi connectivity index (χ3v) is 5.51. The minimum absolute atomic E-state index is 0.0980. The number of piperazine rings is 1. The van der Waals surface area contributed by atoms with Gasteiger partial charge in [0.05, 0.1) is 16.1 Å². The molecule has 4 rings (SSSR count). The summed E-state index contributed by atoms with van der Waals surface area (Å²) in [5.41, 5.74) is 2.13. The molecule has 0 unspecified atom stereocenters. The molecule has 4 nitrogen and oxygen atoms in total. The molecule has 0 atom stereocenters. The lowest BCUT2D eigenvalue weighted by molar-refractivity contribution is 0.0629. The molecule has 1 amide bonds. The SMILES string of the molecule is O=C(c1ccc(Cl)cc1Cl)N1CCN(Cc2cc(F)cc3cccnc23)CC1. The van der Waals surface area contributed by atoms with Crippen LogP contribution in [0, 0.1) is 5.82 Å². The number of benzene rings is 2. The molecule has 0 spiro atoms. The topological polar surface area (TPSA) is 36.4 Å². The molecule has 144 valence electrons. The number of nitrogens with zero attached hydrogens (tertiary/aromatic N) is 3. The van der Waals surface area contributed by atoms with E-state index in [2.05, 4.69) is 9.88 Å².